The number of benzene rings is 1. The zero-order chi connectivity index (χ0) is 44.3. The number of nitrogens with zero attached hydrogens (tertiary/aromatic N) is 3. The normalized spacial score (nSPS) is 36.8. The first-order valence-corrected chi connectivity index (χ1v) is 19.6. The van der Waals surface area contributed by atoms with Crippen LogP contribution in [0.2, 0.25) is 0 Å². The highest BCUT2D eigenvalue weighted by molar-refractivity contribution is 6.00. The summed E-state index contributed by atoms with van der Waals surface area (Å²) in [5.74, 6) is -16.4. The van der Waals surface area contributed by atoms with Crippen LogP contribution in [0.1, 0.15) is 86.6 Å². The lowest BCUT2D eigenvalue weighted by Crippen LogP contribution is -2.59. The molecule has 12 atom stereocenters. The van der Waals surface area contributed by atoms with Gasteiger partial charge in [0.1, 0.15) is 36.0 Å². The number of Topliss-reactive ketones (excluding diaryl/α,β-unsaturated/α-hetero) is 1. The number of carbonyl (C=O) groups excluding carboxylic acids is 3. The predicted molar refractivity (Wildman–Crippen MR) is 201 cm³/mol. The summed E-state index contributed by atoms with van der Waals surface area (Å²) in [5, 5.41) is 27.6. The third-order valence-corrected chi connectivity index (χ3v) is 11.5. The standard InChI is InChI=1S/C40H56F5N3O11/c1-11-27-40(8,53)28-13-25(46-22(6)49)18(2)14-39(7,55-16-23(15-54-28)47-56-17-24-29(41)31(43)33(45)32(44)30(24)42)36(20(4)34(50)21(5)37(52)58-27)59-38-35(51)26(48(9)10)12-19(3)57-38/h18-21,26-28,35-36,38,51,53H,11-17H2,1-10H3/b46-25?,47-23-/t18-,19-,20+,21-,26+,27-,28-,35-,36-,38+,39-,40-/m1/s1. The van der Waals surface area contributed by atoms with Crippen molar-refractivity contribution >= 4 is 29.1 Å². The van der Waals surface area contributed by atoms with Crippen molar-refractivity contribution in [2.24, 2.45) is 27.9 Å². The van der Waals surface area contributed by atoms with Gasteiger partial charge in [-0.05, 0) is 67.0 Å². The van der Waals surface area contributed by atoms with E-state index in [4.69, 9.17) is 28.5 Å². The molecule has 3 aliphatic heterocycles. The zero-order valence-corrected chi connectivity index (χ0v) is 35.0. The van der Waals surface area contributed by atoms with Gasteiger partial charge >= 0.3 is 5.97 Å². The molecule has 3 heterocycles. The van der Waals surface area contributed by atoms with Crippen molar-refractivity contribution in [1.29, 1.82) is 0 Å². The number of likely N-dealkylation sites (N-methyl/N-ethyl adjacent to an activating group) is 1. The SMILES string of the molecule is CC[C@H]1OC(=O)[C@H](C)C(=O)[C@H](C)[C@@H](O[C@@H]2O[C@H](C)C[C@H](N(C)C)[C@H]2O)[C@@]2(C)C[C@@H](C)C(=NC(C)=O)C[C@@H](OC/C(=N/OCc3c(F)c(F)c(F)c(F)c3F)CO2)[C@]1(C)O. The minimum atomic E-state index is -2.35. The van der Waals surface area contributed by atoms with Crippen LogP contribution in [0.5, 0.6) is 0 Å². The maximum atomic E-state index is 14.6. The first kappa shape index (κ1) is 48.2. The smallest absolute Gasteiger partial charge is 0.316 e. The summed E-state index contributed by atoms with van der Waals surface area (Å²) in [6, 6.07) is -0.432. The Labute approximate surface area is 340 Å². The highest BCUT2D eigenvalue weighted by Crippen LogP contribution is 2.39. The van der Waals surface area contributed by atoms with E-state index in [1.165, 1.54) is 27.7 Å². The van der Waals surface area contributed by atoms with E-state index in [9.17, 15) is 46.5 Å². The molecule has 1 aromatic rings. The highest BCUT2D eigenvalue weighted by atomic mass is 19.2. The Hall–Kier alpha value is -3.46. The number of fused-ring (bicyclic) bond motifs is 5. The number of aliphatic hydroxyl groups excluding tert-OH is 1. The van der Waals surface area contributed by atoms with Gasteiger partial charge in [0.15, 0.2) is 35.3 Å². The molecule has 3 aliphatic rings. The van der Waals surface area contributed by atoms with Gasteiger partial charge in [0.05, 0.1) is 42.7 Å². The van der Waals surface area contributed by atoms with Crippen molar-refractivity contribution in [3.05, 3.63) is 34.6 Å². The van der Waals surface area contributed by atoms with E-state index in [1.807, 2.05) is 4.90 Å². The number of ketones is 1. The van der Waals surface area contributed by atoms with Gasteiger partial charge in [-0.25, -0.2) is 26.9 Å². The summed E-state index contributed by atoms with van der Waals surface area (Å²) in [4.78, 5) is 51.9. The van der Waals surface area contributed by atoms with E-state index in [2.05, 4.69) is 10.1 Å². The third kappa shape index (κ3) is 10.7. The van der Waals surface area contributed by atoms with Gasteiger partial charge in [0.25, 0.3) is 0 Å². The maximum Gasteiger partial charge on any atom is 0.316 e. The van der Waals surface area contributed by atoms with Crippen LogP contribution in [0.15, 0.2) is 10.1 Å². The molecule has 3 saturated heterocycles. The molecule has 0 saturated carbocycles. The second-order valence-corrected chi connectivity index (χ2v) is 16.4. The molecule has 0 aliphatic carbocycles. The molecule has 332 valence electrons. The number of aliphatic imine (C=N–C) groups is 1. The van der Waals surface area contributed by atoms with Crippen LogP contribution in [-0.2, 0) is 49.5 Å². The number of hydrogen-bond acceptors (Lipinski definition) is 13. The molecule has 19 heteroatoms. The number of rotatable bonds is 7. The number of halogens is 5. The molecule has 2 N–H and O–H groups in total. The average Bonchev–Trinajstić information content (AvgIpc) is 3.19. The lowest BCUT2D eigenvalue weighted by atomic mass is 9.76. The Morgan fingerprint density at radius 2 is 1.59 bits per heavy atom. The minimum absolute atomic E-state index is 0.0326. The van der Waals surface area contributed by atoms with Gasteiger partial charge in [-0.3, -0.25) is 14.4 Å². The number of ether oxygens (including phenoxy) is 5. The summed E-state index contributed by atoms with van der Waals surface area (Å²) < 4.78 is 102. The molecule has 0 radical (unpaired) electrons. The van der Waals surface area contributed by atoms with E-state index in [0.717, 1.165) is 0 Å². The number of cyclic esters (lactones) is 1. The second-order valence-electron chi connectivity index (χ2n) is 16.4. The molecule has 0 aromatic heterocycles. The fraction of sp³-hybridized carbons (Fsp3) is 0.725. The van der Waals surface area contributed by atoms with Crippen LogP contribution < -0.4 is 0 Å². The first-order valence-electron chi connectivity index (χ1n) is 19.6. The summed E-state index contributed by atoms with van der Waals surface area (Å²) in [6.07, 6.45) is -6.71. The topological polar surface area (TPSA) is 175 Å². The Kier molecular flexibility index (Phi) is 15.9. The van der Waals surface area contributed by atoms with Crippen LogP contribution in [0.25, 0.3) is 0 Å². The number of esters is 1. The van der Waals surface area contributed by atoms with Gasteiger partial charge in [-0.2, -0.15) is 0 Å². The molecule has 14 nitrogen and oxygen atoms in total. The molecular formula is C40H56F5N3O11. The van der Waals surface area contributed by atoms with Crippen molar-refractivity contribution < 1.29 is 75.1 Å². The number of carbonyl (C=O) groups is 3. The lowest BCUT2D eigenvalue weighted by Gasteiger charge is -2.47. The van der Waals surface area contributed by atoms with Gasteiger partial charge in [0.2, 0.25) is 11.7 Å². The molecular weight excluding hydrogens is 793 g/mol. The van der Waals surface area contributed by atoms with Crippen molar-refractivity contribution in [2.45, 2.75) is 142 Å². The Balaban J connectivity index is 1.93. The summed E-state index contributed by atoms with van der Waals surface area (Å²) in [5.41, 5.74) is -4.89. The summed E-state index contributed by atoms with van der Waals surface area (Å²) in [6.45, 7) is 9.87. The first-order chi connectivity index (χ1) is 27.4. The van der Waals surface area contributed by atoms with E-state index < -0.39 is 144 Å². The van der Waals surface area contributed by atoms with Crippen LogP contribution >= 0.6 is 0 Å². The predicted octanol–water partition coefficient (Wildman–Crippen LogP) is 4.57. The molecule has 4 rings (SSSR count). The van der Waals surface area contributed by atoms with Crippen molar-refractivity contribution in [3.63, 3.8) is 0 Å². The van der Waals surface area contributed by atoms with Crippen LogP contribution in [-0.4, -0.2) is 126 Å². The molecule has 0 spiro atoms. The van der Waals surface area contributed by atoms with Crippen LogP contribution in [0, 0.1) is 46.8 Å². The Morgan fingerprint density at radius 3 is 2.17 bits per heavy atom. The monoisotopic (exact) mass is 849 g/mol. The van der Waals surface area contributed by atoms with Gasteiger partial charge in [-0.15, -0.1) is 0 Å². The second kappa shape index (κ2) is 19.5. The fourth-order valence-electron chi connectivity index (χ4n) is 7.99. The minimum Gasteiger partial charge on any atom is -0.459 e. The van der Waals surface area contributed by atoms with Gasteiger partial charge in [-0.1, -0.05) is 25.9 Å². The lowest BCUT2D eigenvalue weighted by molar-refractivity contribution is -0.296. The Morgan fingerprint density at radius 1 is 0.983 bits per heavy atom. The van der Waals surface area contributed by atoms with Crippen LogP contribution in [0.4, 0.5) is 22.0 Å². The highest BCUT2D eigenvalue weighted by Gasteiger charge is 2.52. The number of hydrogen-bond donors (Lipinski definition) is 2. The number of oxime groups is 1. The van der Waals surface area contributed by atoms with E-state index in [-0.39, 0.29) is 30.7 Å². The Bertz CT molecular complexity index is 1750. The largest absolute Gasteiger partial charge is 0.459 e. The summed E-state index contributed by atoms with van der Waals surface area (Å²) in [7, 11) is 3.56. The van der Waals surface area contributed by atoms with Crippen molar-refractivity contribution in [1.82, 2.24) is 4.90 Å². The molecule has 3 fully saturated rings. The molecule has 1 aromatic carbocycles. The van der Waals surface area contributed by atoms with Crippen LogP contribution in [0.3, 0.4) is 0 Å². The third-order valence-electron chi connectivity index (χ3n) is 11.5. The number of amides is 1. The molecule has 1 amide bonds. The molecule has 0 unspecified atom stereocenters. The zero-order valence-electron chi connectivity index (χ0n) is 35.0. The van der Waals surface area contributed by atoms with E-state index in [1.54, 1.807) is 41.8 Å². The molecule has 2 bridgehead atoms. The maximum absolute atomic E-state index is 14.6. The fourth-order valence-corrected chi connectivity index (χ4v) is 7.99. The van der Waals surface area contributed by atoms with Gasteiger partial charge in [0, 0.05) is 31.0 Å². The van der Waals surface area contributed by atoms with Gasteiger partial charge < -0.3 is 43.6 Å². The van der Waals surface area contributed by atoms with Crippen molar-refractivity contribution in [2.75, 3.05) is 27.3 Å². The van der Waals surface area contributed by atoms with Crippen molar-refractivity contribution in [3.8, 4) is 0 Å². The molecule has 59 heavy (non-hydrogen) atoms. The van der Waals surface area contributed by atoms with E-state index in [0.29, 0.717) is 6.42 Å². The van der Waals surface area contributed by atoms with E-state index >= 15 is 0 Å². The quantitative estimate of drug-likeness (QED) is 0.0979. The summed E-state index contributed by atoms with van der Waals surface area (Å²) >= 11 is 0. The average molecular weight is 850 g/mol. The number of aliphatic hydroxyl groups is 2.